The smallest absolute Gasteiger partial charge is 0.0376 e. The molecule has 0 bridgehead atoms. The molecule has 0 atom stereocenters. The molecule has 1 fully saturated rings. The number of likely N-dealkylation sites (N-methyl/N-ethyl adjacent to an activating group) is 1. The number of hydrogen-bond acceptors (Lipinski definition) is 3. The maximum Gasteiger partial charge on any atom is 0.0376 e. The van der Waals surface area contributed by atoms with Crippen LogP contribution >= 0.6 is 0 Å². The van der Waals surface area contributed by atoms with E-state index in [1.807, 2.05) is 24.3 Å². The largest absolute Gasteiger partial charge is 0.369 e. The predicted molar refractivity (Wildman–Crippen MR) is 69.6 cm³/mol. The molecule has 5 heteroatoms. The van der Waals surface area contributed by atoms with Gasteiger partial charge < -0.3 is 9.80 Å². The number of hydrogen-bond donors (Lipinski definition) is 0. The second kappa shape index (κ2) is 5.57. The zero-order valence-electron chi connectivity index (χ0n) is 10.1. The van der Waals surface area contributed by atoms with Gasteiger partial charge in [0.05, 0.1) is 0 Å². The third kappa shape index (κ3) is 2.90. The van der Waals surface area contributed by atoms with E-state index in [1.54, 1.807) is 0 Å². The van der Waals surface area contributed by atoms with Crippen LogP contribution in [0.2, 0.25) is 0 Å². The molecule has 0 saturated carbocycles. The van der Waals surface area contributed by atoms with Crippen LogP contribution < -0.4 is 4.90 Å². The molecule has 1 aliphatic heterocycles. The Kier molecular flexibility index (Phi) is 3.85. The summed E-state index contributed by atoms with van der Waals surface area (Å²) in [4.78, 5) is 7.59. The van der Waals surface area contributed by atoms with E-state index in [2.05, 4.69) is 26.7 Å². The van der Waals surface area contributed by atoms with Crippen molar-refractivity contribution in [3.63, 3.8) is 0 Å². The normalized spacial score (nSPS) is 16.6. The fourth-order valence-corrected chi connectivity index (χ4v) is 2.10. The van der Waals surface area contributed by atoms with Crippen LogP contribution in [0.4, 0.5) is 11.4 Å². The molecular weight excluding hydrogens is 214 g/mol. The second-order valence-electron chi connectivity index (χ2n) is 4.13. The molecule has 0 radical (unpaired) electrons. The molecule has 1 aliphatic rings. The van der Waals surface area contributed by atoms with E-state index in [1.165, 1.54) is 5.69 Å². The Morgan fingerprint density at radius 1 is 1.18 bits per heavy atom. The number of azide groups is 1. The van der Waals surface area contributed by atoms with Crippen LogP contribution in [-0.4, -0.2) is 37.6 Å². The van der Waals surface area contributed by atoms with Crippen molar-refractivity contribution in [1.29, 1.82) is 0 Å². The van der Waals surface area contributed by atoms with Crippen molar-refractivity contribution in [2.45, 2.75) is 6.92 Å². The van der Waals surface area contributed by atoms with Crippen molar-refractivity contribution < 1.29 is 0 Å². The van der Waals surface area contributed by atoms with Gasteiger partial charge in [-0.15, -0.1) is 0 Å². The zero-order chi connectivity index (χ0) is 12.1. The SMILES string of the molecule is CCN1CCN(c2ccc(N=[N+]=[N-])cc2)CC1. The van der Waals surface area contributed by atoms with Crippen molar-refractivity contribution in [2.24, 2.45) is 5.11 Å². The Hall–Kier alpha value is -1.71. The van der Waals surface area contributed by atoms with Gasteiger partial charge in [-0.3, -0.25) is 0 Å². The van der Waals surface area contributed by atoms with Crippen molar-refractivity contribution in [2.75, 3.05) is 37.6 Å². The summed E-state index contributed by atoms with van der Waals surface area (Å²) in [5.74, 6) is 0. The summed E-state index contributed by atoms with van der Waals surface area (Å²) < 4.78 is 0. The lowest BCUT2D eigenvalue weighted by Gasteiger charge is -2.35. The maximum absolute atomic E-state index is 8.34. The van der Waals surface area contributed by atoms with E-state index >= 15 is 0 Å². The minimum absolute atomic E-state index is 0.670. The predicted octanol–water partition coefficient (Wildman–Crippen LogP) is 2.77. The molecule has 1 aromatic carbocycles. The molecule has 2 rings (SSSR count). The van der Waals surface area contributed by atoms with Crippen LogP contribution in [0.1, 0.15) is 6.92 Å². The summed E-state index contributed by atoms with van der Waals surface area (Å²) in [5, 5.41) is 3.57. The molecule has 0 aliphatic carbocycles. The molecule has 1 saturated heterocycles. The lowest BCUT2D eigenvalue weighted by Crippen LogP contribution is -2.46. The van der Waals surface area contributed by atoms with Gasteiger partial charge in [-0.05, 0) is 24.2 Å². The van der Waals surface area contributed by atoms with E-state index in [-0.39, 0.29) is 0 Å². The monoisotopic (exact) mass is 231 g/mol. The first-order valence-corrected chi connectivity index (χ1v) is 5.96. The fourth-order valence-electron chi connectivity index (χ4n) is 2.10. The summed E-state index contributed by atoms with van der Waals surface area (Å²) in [7, 11) is 0. The number of piperazine rings is 1. The summed E-state index contributed by atoms with van der Waals surface area (Å²) >= 11 is 0. The summed E-state index contributed by atoms with van der Waals surface area (Å²) in [6.07, 6.45) is 0. The molecular formula is C12H17N5. The Balaban J connectivity index is 2.01. The van der Waals surface area contributed by atoms with Crippen LogP contribution in [-0.2, 0) is 0 Å². The molecule has 1 heterocycles. The molecule has 0 amide bonds. The van der Waals surface area contributed by atoms with Gasteiger partial charge >= 0.3 is 0 Å². The quantitative estimate of drug-likeness (QED) is 0.456. The lowest BCUT2D eigenvalue weighted by molar-refractivity contribution is 0.271. The van der Waals surface area contributed by atoms with Gasteiger partial charge in [-0.2, -0.15) is 0 Å². The van der Waals surface area contributed by atoms with E-state index < -0.39 is 0 Å². The van der Waals surface area contributed by atoms with E-state index in [9.17, 15) is 0 Å². The minimum Gasteiger partial charge on any atom is -0.369 e. The fraction of sp³-hybridized carbons (Fsp3) is 0.500. The average molecular weight is 231 g/mol. The standard InChI is InChI=1S/C12H17N5/c1-2-16-7-9-17(10-8-16)12-5-3-11(4-6-12)14-15-13/h3-6H,2,7-10H2,1H3. The lowest BCUT2D eigenvalue weighted by atomic mass is 10.2. The Morgan fingerprint density at radius 2 is 1.82 bits per heavy atom. The second-order valence-corrected chi connectivity index (χ2v) is 4.13. The summed E-state index contributed by atoms with van der Waals surface area (Å²) in [6, 6.07) is 7.76. The highest BCUT2D eigenvalue weighted by atomic mass is 15.3. The molecule has 1 aromatic rings. The molecule has 0 N–H and O–H groups in total. The molecule has 0 unspecified atom stereocenters. The zero-order valence-corrected chi connectivity index (χ0v) is 10.1. The van der Waals surface area contributed by atoms with E-state index in [0.717, 1.165) is 32.7 Å². The number of anilines is 1. The number of nitrogens with zero attached hydrogens (tertiary/aromatic N) is 5. The molecule has 90 valence electrons. The van der Waals surface area contributed by atoms with E-state index in [0.29, 0.717) is 5.69 Å². The van der Waals surface area contributed by atoms with Gasteiger partial charge in [0, 0.05) is 42.5 Å². The maximum atomic E-state index is 8.34. The van der Waals surface area contributed by atoms with Gasteiger partial charge in [0.1, 0.15) is 0 Å². The molecule has 17 heavy (non-hydrogen) atoms. The average Bonchev–Trinajstić information content (AvgIpc) is 2.40. The first-order valence-electron chi connectivity index (χ1n) is 5.96. The Labute approximate surface area is 101 Å². The van der Waals surface area contributed by atoms with Crippen molar-refractivity contribution >= 4 is 11.4 Å². The van der Waals surface area contributed by atoms with Crippen molar-refractivity contribution in [3.05, 3.63) is 34.7 Å². The van der Waals surface area contributed by atoms with Crippen LogP contribution in [0.25, 0.3) is 10.4 Å². The molecule has 0 spiro atoms. The van der Waals surface area contributed by atoms with Crippen LogP contribution in [0.5, 0.6) is 0 Å². The van der Waals surface area contributed by atoms with Gasteiger partial charge in [-0.1, -0.05) is 24.2 Å². The van der Waals surface area contributed by atoms with Crippen LogP contribution in [0.3, 0.4) is 0 Å². The summed E-state index contributed by atoms with van der Waals surface area (Å²) in [6.45, 7) is 7.70. The topological polar surface area (TPSA) is 55.2 Å². The molecule has 0 aromatic heterocycles. The third-order valence-corrected chi connectivity index (χ3v) is 3.19. The van der Waals surface area contributed by atoms with Crippen LogP contribution in [0.15, 0.2) is 29.4 Å². The first-order chi connectivity index (χ1) is 8.33. The number of benzene rings is 1. The summed E-state index contributed by atoms with van der Waals surface area (Å²) in [5.41, 5.74) is 10.2. The highest BCUT2D eigenvalue weighted by molar-refractivity contribution is 5.53. The van der Waals surface area contributed by atoms with E-state index in [4.69, 9.17) is 5.53 Å². The van der Waals surface area contributed by atoms with Crippen LogP contribution in [0, 0.1) is 0 Å². The van der Waals surface area contributed by atoms with Gasteiger partial charge in [0.2, 0.25) is 0 Å². The van der Waals surface area contributed by atoms with Gasteiger partial charge in [-0.25, -0.2) is 0 Å². The Morgan fingerprint density at radius 3 is 2.35 bits per heavy atom. The molecule has 5 nitrogen and oxygen atoms in total. The van der Waals surface area contributed by atoms with Crippen molar-refractivity contribution in [1.82, 2.24) is 4.90 Å². The highest BCUT2D eigenvalue weighted by Crippen LogP contribution is 2.21. The minimum atomic E-state index is 0.670. The Bertz CT molecular complexity index is 399. The first kappa shape index (κ1) is 11.8. The van der Waals surface area contributed by atoms with Crippen molar-refractivity contribution in [3.8, 4) is 0 Å². The highest BCUT2D eigenvalue weighted by Gasteiger charge is 2.15. The number of rotatable bonds is 3. The third-order valence-electron chi connectivity index (χ3n) is 3.19. The van der Waals surface area contributed by atoms with Gasteiger partial charge in [0.25, 0.3) is 0 Å². The van der Waals surface area contributed by atoms with Gasteiger partial charge in [0.15, 0.2) is 0 Å².